The SMILES string of the molecule is CCCCCCCCC(C)C(O)(O)O. The second kappa shape index (κ2) is 7.21. The fourth-order valence-electron chi connectivity index (χ4n) is 1.42. The maximum Gasteiger partial charge on any atom is 0.277 e. The van der Waals surface area contributed by atoms with Crippen LogP contribution in [0.2, 0.25) is 0 Å². The molecular formula is C11H24O3. The summed E-state index contributed by atoms with van der Waals surface area (Å²) in [5, 5.41) is 26.5. The van der Waals surface area contributed by atoms with Gasteiger partial charge in [0.15, 0.2) is 0 Å². The van der Waals surface area contributed by atoms with Crippen LogP contribution in [-0.4, -0.2) is 21.3 Å². The topological polar surface area (TPSA) is 60.7 Å². The first-order valence-corrected chi connectivity index (χ1v) is 5.65. The van der Waals surface area contributed by atoms with Crippen molar-refractivity contribution in [2.24, 2.45) is 5.92 Å². The van der Waals surface area contributed by atoms with Gasteiger partial charge >= 0.3 is 0 Å². The molecule has 3 heteroatoms. The summed E-state index contributed by atoms with van der Waals surface area (Å²) < 4.78 is 0. The summed E-state index contributed by atoms with van der Waals surface area (Å²) in [5.41, 5.74) is 0. The van der Waals surface area contributed by atoms with Gasteiger partial charge in [-0.3, -0.25) is 0 Å². The molecule has 0 aliphatic carbocycles. The van der Waals surface area contributed by atoms with E-state index < -0.39 is 11.9 Å². The van der Waals surface area contributed by atoms with Gasteiger partial charge in [-0.15, -0.1) is 0 Å². The Labute approximate surface area is 86.8 Å². The monoisotopic (exact) mass is 204 g/mol. The Morgan fingerprint density at radius 1 is 0.929 bits per heavy atom. The van der Waals surface area contributed by atoms with Crippen LogP contribution in [0, 0.1) is 5.92 Å². The predicted molar refractivity (Wildman–Crippen MR) is 56.5 cm³/mol. The molecule has 0 aromatic carbocycles. The van der Waals surface area contributed by atoms with Crippen LogP contribution in [0.1, 0.15) is 58.8 Å². The summed E-state index contributed by atoms with van der Waals surface area (Å²) in [6.45, 7) is 3.83. The van der Waals surface area contributed by atoms with Crippen LogP contribution in [0.5, 0.6) is 0 Å². The molecule has 86 valence electrons. The normalized spacial score (nSPS) is 14.4. The lowest BCUT2D eigenvalue weighted by molar-refractivity contribution is -0.339. The van der Waals surface area contributed by atoms with Gasteiger partial charge in [-0.2, -0.15) is 0 Å². The van der Waals surface area contributed by atoms with Crippen LogP contribution >= 0.6 is 0 Å². The highest BCUT2D eigenvalue weighted by atomic mass is 16.7. The molecule has 0 spiro atoms. The summed E-state index contributed by atoms with van der Waals surface area (Å²) >= 11 is 0. The van der Waals surface area contributed by atoms with Gasteiger partial charge in [-0.25, -0.2) is 0 Å². The van der Waals surface area contributed by atoms with E-state index in [0.29, 0.717) is 6.42 Å². The van der Waals surface area contributed by atoms with Crippen molar-refractivity contribution in [1.29, 1.82) is 0 Å². The third-order valence-electron chi connectivity index (χ3n) is 2.65. The largest absolute Gasteiger partial charge is 0.343 e. The van der Waals surface area contributed by atoms with E-state index in [2.05, 4.69) is 6.92 Å². The highest BCUT2D eigenvalue weighted by Crippen LogP contribution is 2.18. The van der Waals surface area contributed by atoms with Gasteiger partial charge in [0, 0.05) is 5.92 Å². The lowest BCUT2D eigenvalue weighted by atomic mass is 10.00. The molecule has 3 nitrogen and oxygen atoms in total. The van der Waals surface area contributed by atoms with Crippen LogP contribution in [0.25, 0.3) is 0 Å². The Balaban J connectivity index is 3.28. The Bertz CT molecular complexity index is 129. The molecule has 3 N–H and O–H groups in total. The zero-order valence-corrected chi connectivity index (χ0v) is 9.37. The molecule has 0 aliphatic heterocycles. The summed E-state index contributed by atoms with van der Waals surface area (Å²) in [6, 6.07) is 0. The molecule has 1 unspecified atom stereocenters. The molecule has 0 aromatic heterocycles. The lowest BCUT2D eigenvalue weighted by Gasteiger charge is -2.21. The minimum absolute atomic E-state index is 0.464. The van der Waals surface area contributed by atoms with Crippen LogP contribution in [0.4, 0.5) is 0 Å². The Hall–Kier alpha value is -0.120. The number of hydrogen-bond acceptors (Lipinski definition) is 3. The van der Waals surface area contributed by atoms with Crippen LogP contribution < -0.4 is 0 Å². The smallest absolute Gasteiger partial charge is 0.277 e. The molecule has 1 atom stereocenters. The third-order valence-corrected chi connectivity index (χ3v) is 2.65. The Morgan fingerprint density at radius 2 is 1.43 bits per heavy atom. The average molecular weight is 204 g/mol. The maximum atomic E-state index is 8.84. The second-order valence-corrected chi connectivity index (χ2v) is 4.14. The first kappa shape index (κ1) is 13.9. The molecule has 0 bridgehead atoms. The van der Waals surface area contributed by atoms with Crippen molar-refractivity contribution in [3.63, 3.8) is 0 Å². The first-order valence-electron chi connectivity index (χ1n) is 5.65. The number of hydrogen-bond donors (Lipinski definition) is 3. The molecule has 0 aromatic rings. The van der Waals surface area contributed by atoms with Gasteiger partial charge in [0.2, 0.25) is 0 Å². The van der Waals surface area contributed by atoms with Crippen molar-refractivity contribution >= 4 is 0 Å². The van der Waals surface area contributed by atoms with Crippen molar-refractivity contribution in [2.75, 3.05) is 0 Å². The van der Waals surface area contributed by atoms with Crippen LogP contribution in [-0.2, 0) is 0 Å². The highest BCUT2D eigenvalue weighted by Gasteiger charge is 2.26. The minimum Gasteiger partial charge on any atom is -0.343 e. The van der Waals surface area contributed by atoms with E-state index in [1.165, 1.54) is 25.7 Å². The molecule has 14 heavy (non-hydrogen) atoms. The maximum absolute atomic E-state index is 8.84. The van der Waals surface area contributed by atoms with Crippen molar-refractivity contribution in [3.05, 3.63) is 0 Å². The van der Waals surface area contributed by atoms with Crippen LogP contribution in [0.3, 0.4) is 0 Å². The van der Waals surface area contributed by atoms with E-state index in [9.17, 15) is 0 Å². The van der Waals surface area contributed by atoms with Gasteiger partial charge in [0.1, 0.15) is 0 Å². The summed E-state index contributed by atoms with van der Waals surface area (Å²) in [4.78, 5) is 0. The number of aliphatic hydroxyl groups is 3. The standard InChI is InChI=1S/C11H24O3/c1-3-4-5-6-7-8-9-10(2)11(12,13)14/h10,12-14H,3-9H2,1-2H3. The molecule has 0 fully saturated rings. The lowest BCUT2D eigenvalue weighted by Crippen LogP contribution is -2.35. The van der Waals surface area contributed by atoms with Crippen molar-refractivity contribution < 1.29 is 15.3 Å². The Morgan fingerprint density at radius 3 is 1.93 bits per heavy atom. The molecule has 0 amide bonds. The van der Waals surface area contributed by atoms with Gasteiger partial charge in [0.05, 0.1) is 0 Å². The molecule has 0 saturated carbocycles. The van der Waals surface area contributed by atoms with E-state index in [0.717, 1.165) is 12.8 Å². The summed E-state index contributed by atoms with van der Waals surface area (Å²) in [7, 11) is 0. The van der Waals surface area contributed by atoms with E-state index >= 15 is 0 Å². The van der Waals surface area contributed by atoms with E-state index in [4.69, 9.17) is 15.3 Å². The van der Waals surface area contributed by atoms with Gasteiger partial charge in [0.25, 0.3) is 5.97 Å². The Kier molecular flexibility index (Phi) is 7.15. The highest BCUT2D eigenvalue weighted by molar-refractivity contribution is 4.60. The van der Waals surface area contributed by atoms with Gasteiger partial charge in [-0.05, 0) is 6.42 Å². The predicted octanol–water partition coefficient (Wildman–Crippen LogP) is 2.00. The molecule has 0 aliphatic rings. The first-order chi connectivity index (χ1) is 6.48. The molecule has 0 saturated heterocycles. The fourth-order valence-corrected chi connectivity index (χ4v) is 1.42. The van der Waals surface area contributed by atoms with E-state index in [1.54, 1.807) is 6.92 Å². The zero-order chi connectivity index (χ0) is 11.0. The zero-order valence-electron chi connectivity index (χ0n) is 9.37. The minimum atomic E-state index is -2.50. The summed E-state index contributed by atoms with van der Waals surface area (Å²) in [6.07, 6.45) is 7.70. The molecule has 0 rings (SSSR count). The fraction of sp³-hybridized carbons (Fsp3) is 1.00. The van der Waals surface area contributed by atoms with Crippen molar-refractivity contribution in [2.45, 2.75) is 64.8 Å². The third kappa shape index (κ3) is 7.30. The van der Waals surface area contributed by atoms with Gasteiger partial charge < -0.3 is 15.3 Å². The summed E-state index contributed by atoms with van der Waals surface area (Å²) in [5.74, 6) is -2.96. The quantitative estimate of drug-likeness (QED) is 0.418. The van der Waals surface area contributed by atoms with Gasteiger partial charge in [-0.1, -0.05) is 52.4 Å². The average Bonchev–Trinajstić information content (AvgIpc) is 2.09. The van der Waals surface area contributed by atoms with Crippen molar-refractivity contribution in [1.82, 2.24) is 0 Å². The molecular weight excluding hydrogens is 180 g/mol. The molecule has 0 heterocycles. The second-order valence-electron chi connectivity index (χ2n) is 4.14. The number of rotatable bonds is 8. The van der Waals surface area contributed by atoms with Crippen LogP contribution in [0.15, 0.2) is 0 Å². The van der Waals surface area contributed by atoms with E-state index in [-0.39, 0.29) is 0 Å². The number of unbranched alkanes of at least 4 members (excludes halogenated alkanes) is 5. The van der Waals surface area contributed by atoms with E-state index in [1.807, 2.05) is 0 Å². The molecule has 0 radical (unpaired) electrons. The van der Waals surface area contributed by atoms with Crippen molar-refractivity contribution in [3.8, 4) is 0 Å².